The summed E-state index contributed by atoms with van der Waals surface area (Å²) in [4.78, 5) is 14.8. The lowest BCUT2D eigenvalue weighted by Gasteiger charge is -2.47. The van der Waals surface area contributed by atoms with Crippen LogP contribution in [0.15, 0.2) is 382 Å². The molecule has 0 radical (unpaired) electrons. The monoisotopic (exact) mass is 1360 g/mol. The maximum atomic E-state index is 7.97. The van der Waals surface area contributed by atoms with Crippen molar-refractivity contribution in [3.8, 4) is 34.1 Å². The van der Waals surface area contributed by atoms with Crippen LogP contribution in [-0.2, 0) is 0 Å². The van der Waals surface area contributed by atoms with E-state index in [1.54, 1.807) is 0 Å². The fourth-order valence-corrected chi connectivity index (χ4v) is 18.1. The Morgan fingerprint density at radius 2 is 0.579 bits per heavy atom. The summed E-state index contributed by atoms with van der Waals surface area (Å²) in [7, 11) is 0. The Labute approximate surface area is 623 Å². The molecule has 8 nitrogen and oxygen atoms in total. The Hall–Kier alpha value is -13.9. The minimum atomic E-state index is -0.331. The highest BCUT2D eigenvalue weighted by Crippen LogP contribution is 2.54. The molecule has 6 aliphatic rings. The second-order valence-corrected chi connectivity index (χ2v) is 28.2. The molecule has 11 heteroatoms. The van der Waals surface area contributed by atoms with Gasteiger partial charge in [0.05, 0.1) is 17.1 Å². The maximum absolute atomic E-state index is 7.97. The molecule has 0 fully saturated rings. The second-order valence-electron chi connectivity index (χ2n) is 28.2. The highest BCUT2D eigenvalue weighted by atomic mass is 16.5. The first kappa shape index (κ1) is 60.7. The number of hydrogen-bond donors (Lipinski definition) is 0. The number of ether oxygens (including phenoxy) is 2. The first-order valence-electron chi connectivity index (χ1n) is 36.8. The lowest BCUT2D eigenvalue weighted by atomic mass is 9.29. The Balaban J connectivity index is 0.845. The lowest BCUT2D eigenvalue weighted by Crippen LogP contribution is -2.66. The molecule has 0 aromatic heterocycles. The summed E-state index contributed by atoms with van der Waals surface area (Å²) in [6.07, 6.45) is 0. The van der Waals surface area contributed by atoms with E-state index in [1.807, 2.05) is 0 Å². The van der Waals surface area contributed by atoms with Crippen molar-refractivity contribution in [1.29, 1.82) is 0 Å². The van der Waals surface area contributed by atoms with Crippen LogP contribution in [0.2, 0.25) is 0 Å². The van der Waals surface area contributed by atoms with Crippen LogP contribution in [0.5, 0.6) is 23.0 Å². The van der Waals surface area contributed by atoms with Gasteiger partial charge in [0, 0.05) is 108 Å². The lowest BCUT2D eigenvalue weighted by molar-refractivity contribution is 0.469. The average molecular weight is 1370 g/mol. The standard InChI is InChI=1S/C96H63B3N6O2/c1-9-33-64(34-10-1)74-49-25-29-53-80(74)105-84-62-83-78(97-75-50-26-30-54-81(75)102(69-43-19-6-20-44-69)85-57-72(58-86(92(85)97)104(83)71-47-23-8-24-48-71)100(65-35-11-2-12-36-65)66-37-13-3-14-38-66)61-79(84)98-77-52-28-32-56-89(77)107-96-94(98)88(105)63-91-95(96)99-76-51-27-31-55-82(76)103(70-45-21-7-22-46-70)87-59-73(60-90(106-91)93(87)99)101(67-39-15-4-16-40-67)68-41-17-5-18-42-68/h1-63H. The molecule has 0 N–H and O–H groups in total. The first-order chi connectivity index (χ1) is 53.1. The van der Waals surface area contributed by atoms with Crippen molar-refractivity contribution in [2.24, 2.45) is 0 Å². The van der Waals surface area contributed by atoms with E-state index in [4.69, 9.17) is 9.47 Å². The maximum Gasteiger partial charge on any atom is 0.261 e. The predicted octanol–water partition coefficient (Wildman–Crippen LogP) is 19.2. The van der Waals surface area contributed by atoms with E-state index >= 15 is 0 Å². The average Bonchev–Trinajstić information content (AvgIpc) is 0.685. The quantitative estimate of drug-likeness (QED) is 0.119. The number of hydrogen-bond acceptors (Lipinski definition) is 8. The van der Waals surface area contributed by atoms with Gasteiger partial charge in [-0.15, -0.1) is 0 Å². The van der Waals surface area contributed by atoms with E-state index in [2.05, 4.69) is 412 Å². The number of rotatable bonds is 11. The molecule has 498 valence electrons. The van der Waals surface area contributed by atoms with Crippen molar-refractivity contribution in [3.63, 3.8) is 0 Å². The third kappa shape index (κ3) is 9.40. The smallest absolute Gasteiger partial charge is 0.261 e. The minimum absolute atomic E-state index is 0.226. The van der Waals surface area contributed by atoms with E-state index in [-0.39, 0.29) is 20.1 Å². The van der Waals surface area contributed by atoms with Gasteiger partial charge in [0.25, 0.3) is 20.1 Å². The van der Waals surface area contributed by atoms with E-state index in [1.165, 1.54) is 21.9 Å². The second kappa shape index (κ2) is 24.4. The highest BCUT2D eigenvalue weighted by Gasteiger charge is 2.52. The van der Waals surface area contributed by atoms with Crippen LogP contribution in [-0.4, -0.2) is 20.1 Å². The Bertz CT molecular complexity index is 6130. The van der Waals surface area contributed by atoms with E-state index < -0.39 is 0 Å². The third-order valence-electron chi connectivity index (χ3n) is 22.4. The molecule has 0 atom stereocenters. The number of benzene rings is 16. The van der Waals surface area contributed by atoms with Gasteiger partial charge in [0.1, 0.15) is 23.0 Å². The zero-order valence-electron chi connectivity index (χ0n) is 58.1. The van der Waals surface area contributed by atoms with E-state index in [0.717, 1.165) is 164 Å². The topological polar surface area (TPSA) is 37.9 Å². The molecule has 0 bridgehead atoms. The fourth-order valence-electron chi connectivity index (χ4n) is 18.1. The fraction of sp³-hybridized carbons (Fsp3) is 0. The largest absolute Gasteiger partial charge is 0.459 e. The summed E-state index contributed by atoms with van der Waals surface area (Å²) < 4.78 is 15.9. The van der Waals surface area contributed by atoms with Crippen LogP contribution in [0.1, 0.15) is 0 Å². The van der Waals surface area contributed by atoms with Crippen LogP contribution in [0.25, 0.3) is 11.1 Å². The summed E-state index contributed by atoms with van der Waals surface area (Å²) in [5.41, 5.74) is 31.4. The van der Waals surface area contributed by atoms with Gasteiger partial charge >= 0.3 is 0 Å². The molecular weight excluding hydrogens is 1300 g/mol. The Morgan fingerprint density at radius 1 is 0.206 bits per heavy atom. The van der Waals surface area contributed by atoms with Crippen LogP contribution in [0.3, 0.4) is 0 Å². The summed E-state index contributed by atoms with van der Waals surface area (Å²) in [5.74, 6) is 3.14. The van der Waals surface area contributed by atoms with Gasteiger partial charge in [0.15, 0.2) is 0 Å². The molecule has 0 spiro atoms. The summed E-state index contributed by atoms with van der Waals surface area (Å²) in [5, 5.41) is 0. The van der Waals surface area contributed by atoms with Gasteiger partial charge in [0.2, 0.25) is 0 Å². The molecule has 0 aliphatic carbocycles. The molecule has 22 rings (SSSR count). The number of fused-ring (bicyclic) bond motifs is 13. The van der Waals surface area contributed by atoms with Crippen LogP contribution in [0, 0.1) is 0 Å². The predicted molar refractivity (Wildman–Crippen MR) is 447 cm³/mol. The van der Waals surface area contributed by atoms with Gasteiger partial charge in [-0.25, -0.2) is 0 Å². The molecule has 0 saturated heterocycles. The van der Waals surface area contributed by atoms with Crippen molar-refractivity contribution < 1.29 is 9.47 Å². The molecule has 0 amide bonds. The Kier molecular flexibility index (Phi) is 13.8. The van der Waals surface area contributed by atoms with Gasteiger partial charge in [-0.05, 0) is 183 Å². The van der Waals surface area contributed by atoms with Crippen molar-refractivity contribution in [2.45, 2.75) is 0 Å². The van der Waals surface area contributed by atoms with Crippen LogP contribution >= 0.6 is 0 Å². The molecule has 0 unspecified atom stereocenters. The van der Waals surface area contributed by atoms with E-state index in [0.29, 0.717) is 0 Å². The SMILES string of the molecule is c1ccc(-c2ccccc2N2c3cc4c(cc3B3c5ccccc5Oc5c6c(cc2c53)Oc2cc(N(c3ccccc3)c3ccccc3)cc3c2B6c2ccccc2N3c2ccccc2)B2c3ccccc3N(c3ccccc3)c3cc(N(c5ccccc5)c5ccccc5)cc(c32)N4c2ccccc2)cc1. The van der Waals surface area contributed by atoms with Crippen molar-refractivity contribution >= 4 is 172 Å². The zero-order valence-corrected chi connectivity index (χ0v) is 58.1. The molecule has 0 saturated carbocycles. The molecule has 6 aliphatic heterocycles. The number of nitrogens with zero attached hydrogens (tertiary/aromatic N) is 6. The van der Waals surface area contributed by atoms with Gasteiger partial charge < -0.3 is 38.9 Å². The molecule has 107 heavy (non-hydrogen) atoms. The number of para-hydroxylation sites is 11. The molecule has 6 heterocycles. The van der Waals surface area contributed by atoms with Gasteiger partial charge in [-0.2, -0.15) is 0 Å². The molecular formula is C96H63B3N6O2. The third-order valence-corrected chi connectivity index (χ3v) is 22.4. The van der Waals surface area contributed by atoms with E-state index in [9.17, 15) is 0 Å². The van der Waals surface area contributed by atoms with Gasteiger partial charge in [-0.3, -0.25) is 0 Å². The summed E-state index contributed by atoms with van der Waals surface area (Å²) >= 11 is 0. The summed E-state index contributed by atoms with van der Waals surface area (Å²) in [6, 6.07) is 140. The first-order valence-corrected chi connectivity index (χ1v) is 36.8. The van der Waals surface area contributed by atoms with Crippen molar-refractivity contribution in [3.05, 3.63) is 382 Å². The molecule has 16 aromatic rings. The van der Waals surface area contributed by atoms with Crippen molar-refractivity contribution in [1.82, 2.24) is 0 Å². The zero-order chi connectivity index (χ0) is 70.2. The van der Waals surface area contributed by atoms with Crippen LogP contribution < -0.4 is 88.0 Å². The highest BCUT2D eigenvalue weighted by molar-refractivity contribution is 7.04. The summed E-state index contributed by atoms with van der Waals surface area (Å²) in [6.45, 7) is -0.874. The Morgan fingerprint density at radius 3 is 1.10 bits per heavy atom. The number of anilines is 18. The van der Waals surface area contributed by atoms with Gasteiger partial charge in [-0.1, -0.05) is 237 Å². The normalized spacial score (nSPS) is 13.3. The molecule has 16 aromatic carbocycles. The minimum Gasteiger partial charge on any atom is -0.459 e. The van der Waals surface area contributed by atoms with Crippen LogP contribution in [0.4, 0.5) is 102 Å². The van der Waals surface area contributed by atoms with Crippen molar-refractivity contribution in [2.75, 3.05) is 29.4 Å².